The van der Waals surface area contributed by atoms with Crippen LogP contribution in [0.3, 0.4) is 0 Å². The maximum absolute atomic E-state index is 12.2. The largest absolute Gasteiger partial charge is 0.460 e. The van der Waals surface area contributed by atoms with Crippen molar-refractivity contribution in [2.24, 2.45) is 17.3 Å². The summed E-state index contributed by atoms with van der Waals surface area (Å²) in [7, 11) is 0. The number of hydrogen-bond donors (Lipinski definition) is 1. The first-order valence-corrected chi connectivity index (χ1v) is 7.87. The van der Waals surface area contributed by atoms with Crippen LogP contribution in [0.2, 0.25) is 0 Å². The van der Waals surface area contributed by atoms with E-state index in [1.807, 2.05) is 20.8 Å². The molecule has 1 N–H and O–H groups in total. The minimum absolute atomic E-state index is 0.0661. The summed E-state index contributed by atoms with van der Waals surface area (Å²) in [6, 6.07) is 0. The van der Waals surface area contributed by atoms with Crippen LogP contribution < -0.4 is 0 Å². The Balaban J connectivity index is 1.77. The van der Waals surface area contributed by atoms with Crippen molar-refractivity contribution in [3.63, 3.8) is 0 Å². The Bertz CT molecular complexity index is 448. The molecule has 0 aromatic rings. The number of fused-ring (bicyclic) bond motifs is 3. The molecule has 2 fully saturated rings. The number of esters is 1. The predicted molar refractivity (Wildman–Crippen MR) is 77.0 cm³/mol. The van der Waals surface area contributed by atoms with Gasteiger partial charge in [-0.1, -0.05) is 12.2 Å². The third-order valence-corrected chi connectivity index (χ3v) is 5.51. The van der Waals surface area contributed by atoms with Crippen LogP contribution in [0, 0.1) is 17.3 Å². The summed E-state index contributed by atoms with van der Waals surface area (Å²) < 4.78 is 5.43. The first-order valence-electron chi connectivity index (χ1n) is 7.87. The van der Waals surface area contributed by atoms with E-state index in [0.717, 1.165) is 32.1 Å². The number of ether oxygens (including phenoxy) is 1. The van der Waals surface area contributed by atoms with Gasteiger partial charge in [0.1, 0.15) is 5.60 Å². The van der Waals surface area contributed by atoms with Gasteiger partial charge in [-0.3, -0.25) is 4.79 Å². The Morgan fingerprint density at radius 2 is 2.10 bits per heavy atom. The third kappa shape index (κ3) is 2.11. The summed E-state index contributed by atoms with van der Waals surface area (Å²) in [6.45, 7) is 5.62. The quantitative estimate of drug-likeness (QED) is 0.623. The molecule has 20 heavy (non-hydrogen) atoms. The van der Waals surface area contributed by atoms with E-state index < -0.39 is 11.2 Å². The first kappa shape index (κ1) is 14.1. The van der Waals surface area contributed by atoms with E-state index in [2.05, 4.69) is 12.2 Å². The zero-order chi connectivity index (χ0) is 14.6. The molecule has 3 rings (SSSR count). The molecule has 0 radical (unpaired) electrons. The fourth-order valence-electron chi connectivity index (χ4n) is 4.84. The molecule has 2 saturated carbocycles. The highest BCUT2D eigenvalue weighted by molar-refractivity contribution is 5.71. The molecule has 0 amide bonds. The summed E-state index contributed by atoms with van der Waals surface area (Å²) in [5.41, 5.74) is -1.41. The van der Waals surface area contributed by atoms with Crippen molar-refractivity contribution in [2.45, 2.75) is 70.5 Å². The van der Waals surface area contributed by atoms with Gasteiger partial charge in [0.05, 0.1) is 12.0 Å². The number of aliphatic hydroxyl groups is 1. The van der Waals surface area contributed by atoms with Crippen LogP contribution in [-0.2, 0) is 9.53 Å². The molecule has 0 saturated heterocycles. The Morgan fingerprint density at radius 3 is 2.65 bits per heavy atom. The highest BCUT2D eigenvalue weighted by Crippen LogP contribution is 2.64. The highest BCUT2D eigenvalue weighted by Gasteiger charge is 2.62. The van der Waals surface area contributed by atoms with E-state index in [4.69, 9.17) is 4.74 Å². The molecular weight excluding hydrogens is 252 g/mol. The zero-order valence-corrected chi connectivity index (χ0v) is 12.8. The van der Waals surface area contributed by atoms with Gasteiger partial charge in [-0.15, -0.1) is 0 Å². The van der Waals surface area contributed by atoms with Gasteiger partial charge in [-0.25, -0.2) is 0 Å². The average Bonchev–Trinajstić information content (AvgIpc) is 2.92. The van der Waals surface area contributed by atoms with Crippen LogP contribution in [0.1, 0.15) is 59.3 Å². The summed E-state index contributed by atoms with van der Waals surface area (Å²) in [4.78, 5) is 12.2. The second-order valence-corrected chi connectivity index (χ2v) is 8.00. The molecule has 0 aromatic heterocycles. The van der Waals surface area contributed by atoms with Gasteiger partial charge in [0.2, 0.25) is 0 Å². The van der Waals surface area contributed by atoms with Crippen LogP contribution in [0.4, 0.5) is 0 Å². The highest BCUT2D eigenvalue weighted by atomic mass is 16.6. The standard InChI is InChI=1S/C17H26O3/c1-15(2,3)20-14(18)11-17(19)8-4-7-16(17)10-12-5-6-13(16)9-12/h5-6,12-13,19H,4,7-11H2,1-3H3. The molecule has 1 spiro atoms. The monoisotopic (exact) mass is 278 g/mol. The van der Waals surface area contributed by atoms with E-state index >= 15 is 0 Å². The van der Waals surface area contributed by atoms with Gasteiger partial charge in [0.15, 0.2) is 0 Å². The van der Waals surface area contributed by atoms with Crippen molar-refractivity contribution in [3.05, 3.63) is 12.2 Å². The summed E-state index contributed by atoms with van der Waals surface area (Å²) >= 11 is 0. The van der Waals surface area contributed by atoms with Crippen molar-refractivity contribution >= 4 is 5.97 Å². The summed E-state index contributed by atoms with van der Waals surface area (Å²) in [5, 5.41) is 11.2. The maximum Gasteiger partial charge on any atom is 0.309 e. The van der Waals surface area contributed by atoms with E-state index in [9.17, 15) is 9.90 Å². The number of carbonyl (C=O) groups is 1. The third-order valence-electron chi connectivity index (χ3n) is 5.51. The van der Waals surface area contributed by atoms with Crippen molar-refractivity contribution in [2.75, 3.05) is 0 Å². The van der Waals surface area contributed by atoms with Gasteiger partial charge in [0, 0.05) is 5.41 Å². The van der Waals surface area contributed by atoms with Crippen molar-refractivity contribution in [3.8, 4) is 0 Å². The molecule has 4 unspecified atom stereocenters. The fourth-order valence-corrected chi connectivity index (χ4v) is 4.84. The van der Waals surface area contributed by atoms with Gasteiger partial charge in [0.25, 0.3) is 0 Å². The smallest absolute Gasteiger partial charge is 0.309 e. The Morgan fingerprint density at radius 1 is 1.35 bits per heavy atom. The lowest BCUT2D eigenvalue weighted by Gasteiger charge is -2.44. The number of carbonyl (C=O) groups excluding carboxylic acids is 1. The minimum Gasteiger partial charge on any atom is -0.460 e. The van der Waals surface area contributed by atoms with Crippen LogP contribution in [-0.4, -0.2) is 22.3 Å². The van der Waals surface area contributed by atoms with Gasteiger partial charge in [-0.05, 0) is 64.7 Å². The predicted octanol–water partition coefficient (Wildman–Crippen LogP) is 3.22. The Hall–Kier alpha value is -0.830. The Kier molecular flexibility index (Phi) is 3.06. The lowest BCUT2D eigenvalue weighted by Crippen LogP contribution is -2.48. The molecule has 3 nitrogen and oxygen atoms in total. The number of hydrogen-bond acceptors (Lipinski definition) is 3. The van der Waals surface area contributed by atoms with E-state index in [1.54, 1.807) is 0 Å². The van der Waals surface area contributed by atoms with E-state index in [-0.39, 0.29) is 17.8 Å². The molecule has 3 heteroatoms. The number of rotatable bonds is 2. The van der Waals surface area contributed by atoms with Crippen LogP contribution in [0.5, 0.6) is 0 Å². The van der Waals surface area contributed by atoms with Gasteiger partial charge in [-0.2, -0.15) is 0 Å². The van der Waals surface area contributed by atoms with E-state index in [0.29, 0.717) is 11.8 Å². The molecule has 0 aromatic carbocycles. The Labute approximate surface area is 121 Å². The lowest BCUT2D eigenvalue weighted by atomic mass is 9.64. The second-order valence-electron chi connectivity index (χ2n) is 8.00. The van der Waals surface area contributed by atoms with Crippen LogP contribution >= 0.6 is 0 Å². The second kappa shape index (κ2) is 4.33. The van der Waals surface area contributed by atoms with E-state index in [1.165, 1.54) is 0 Å². The fraction of sp³-hybridized carbons (Fsp3) is 0.824. The van der Waals surface area contributed by atoms with Gasteiger partial charge >= 0.3 is 5.97 Å². The first-order chi connectivity index (χ1) is 9.24. The maximum atomic E-state index is 12.2. The molecular formula is C17H26O3. The number of allylic oxidation sites excluding steroid dienone is 2. The lowest BCUT2D eigenvalue weighted by molar-refractivity contribution is -0.167. The van der Waals surface area contributed by atoms with Crippen molar-refractivity contribution in [1.82, 2.24) is 0 Å². The zero-order valence-electron chi connectivity index (χ0n) is 12.8. The van der Waals surface area contributed by atoms with Crippen LogP contribution in [0.15, 0.2) is 12.2 Å². The normalized spacial score (nSPS) is 42.6. The SMILES string of the molecule is CC(C)(C)OC(=O)CC1(O)CCCC12CC1C=CC2C1. The molecule has 4 atom stereocenters. The molecule has 3 aliphatic rings. The molecule has 112 valence electrons. The summed E-state index contributed by atoms with van der Waals surface area (Å²) in [6.07, 6.45) is 9.75. The molecule has 0 heterocycles. The van der Waals surface area contributed by atoms with Crippen LogP contribution in [0.25, 0.3) is 0 Å². The van der Waals surface area contributed by atoms with Crippen molar-refractivity contribution < 1.29 is 14.6 Å². The molecule has 0 aliphatic heterocycles. The molecule has 2 bridgehead atoms. The molecule has 3 aliphatic carbocycles. The van der Waals surface area contributed by atoms with Gasteiger partial charge < -0.3 is 9.84 Å². The van der Waals surface area contributed by atoms with Crippen molar-refractivity contribution in [1.29, 1.82) is 0 Å². The topological polar surface area (TPSA) is 46.5 Å². The summed E-state index contributed by atoms with van der Waals surface area (Å²) in [5.74, 6) is 0.818. The average molecular weight is 278 g/mol. The minimum atomic E-state index is -0.862.